The van der Waals surface area contributed by atoms with E-state index in [0.717, 1.165) is 5.69 Å². The first-order valence-corrected chi connectivity index (χ1v) is 5.66. The van der Waals surface area contributed by atoms with Gasteiger partial charge in [0.2, 0.25) is 5.88 Å². The van der Waals surface area contributed by atoms with Crippen molar-refractivity contribution in [3.05, 3.63) is 35.8 Å². The molecule has 2 aromatic rings. The van der Waals surface area contributed by atoms with E-state index in [1.165, 1.54) is 7.11 Å². The number of nitrogens with two attached hydrogens (primary N) is 1. The molecule has 7 heteroatoms. The van der Waals surface area contributed by atoms with Crippen LogP contribution in [0.1, 0.15) is 16.1 Å². The first-order valence-electron chi connectivity index (χ1n) is 5.66. The van der Waals surface area contributed by atoms with Crippen LogP contribution in [-0.2, 0) is 13.6 Å². The van der Waals surface area contributed by atoms with Gasteiger partial charge in [-0.25, -0.2) is 4.98 Å². The van der Waals surface area contributed by atoms with E-state index in [9.17, 15) is 4.79 Å². The molecule has 2 aromatic heterocycles. The molecule has 19 heavy (non-hydrogen) atoms. The Hall–Kier alpha value is -2.57. The molecule has 0 aromatic carbocycles. The second kappa shape index (κ2) is 5.38. The number of primary amides is 1. The lowest BCUT2D eigenvalue weighted by Crippen LogP contribution is -2.14. The Morgan fingerprint density at radius 1 is 1.58 bits per heavy atom. The van der Waals surface area contributed by atoms with E-state index in [-0.39, 0.29) is 11.4 Å². The number of aromatic nitrogens is 3. The van der Waals surface area contributed by atoms with Gasteiger partial charge in [-0.15, -0.1) is 0 Å². The lowest BCUT2D eigenvalue weighted by molar-refractivity contribution is 0.0996. The Balaban J connectivity index is 2.15. The summed E-state index contributed by atoms with van der Waals surface area (Å²) < 4.78 is 6.74. The number of amides is 1. The van der Waals surface area contributed by atoms with Gasteiger partial charge in [0.25, 0.3) is 5.91 Å². The average Bonchev–Trinajstić information content (AvgIpc) is 2.81. The second-order valence-corrected chi connectivity index (χ2v) is 3.94. The predicted molar refractivity (Wildman–Crippen MR) is 69.8 cm³/mol. The van der Waals surface area contributed by atoms with Crippen LogP contribution in [0.2, 0.25) is 0 Å². The minimum Gasteiger partial charge on any atom is -0.480 e. The van der Waals surface area contributed by atoms with E-state index < -0.39 is 5.91 Å². The van der Waals surface area contributed by atoms with Gasteiger partial charge in [-0.2, -0.15) is 5.10 Å². The van der Waals surface area contributed by atoms with Gasteiger partial charge in [0.05, 0.1) is 31.2 Å². The topological polar surface area (TPSA) is 95.1 Å². The molecule has 100 valence electrons. The predicted octanol–water partition coefficient (Wildman–Crippen LogP) is 0.535. The second-order valence-electron chi connectivity index (χ2n) is 3.94. The number of carbonyl (C=O) groups is 1. The monoisotopic (exact) mass is 261 g/mol. The van der Waals surface area contributed by atoms with E-state index in [1.54, 1.807) is 23.1 Å². The molecule has 0 spiro atoms. The van der Waals surface area contributed by atoms with Crippen molar-refractivity contribution in [2.75, 3.05) is 12.4 Å². The maximum atomic E-state index is 11.3. The van der Waals surface area contributed by atoms with E-state index in [1.807, 2.05) is 13.1 Å². The van der Waals surface area contributed by atoms with Crippen LogP contribution in [0.5, 0.6) is 5.88 Å². The maximum Gasteiger partial charge on any atom is 0.254 e. The highest BCUT2D eigenvalue weighted by atomic mass is 16.5. The molecular formula is C12H15N5O2. The Kier molecular flexibility index (Phi) is 3.65. The van der Waals surface area contributed by atoms with Gasteiger partial charge in [-0.05, 0) is 12.1 Å². The molecule has 0 bridgehead atoms. The molecule has 0 radical (unpaired) electrons. The lowest BCUT2D eigenvalue weighted by Gasteiger charge is -2.09. The normalized spacial score (nSPS) is 10.2. The average molecular weight is 261 g/mol. The van der Waals surface area contributed by atoms with Crippen molar-refractivity contribution in [2.45, 2.75) is 6.54 Å². The molecule has 0 saturated carbocycles. The van der Waals surface area contributed by atoms with Crippen molar-refractivity contribution in [3.8, 4) is 5.88 Å². The van der Waals surface area contributed by atoms with Crippen molar-refractivity contribution >= 4 is 11.6 Å². The van der Waals surface area contributed by atoms with Gasteiger partial charge < -0.3 is 15.8 Å². The number of ether oxygens (including phenoxy) is 1. The molecular weight excluding hydrogens is 246 g/mol. The largest absolute Gasteiger partial charge is 0.480 e. The van der Waals surface area contributed by atoms with Crippen LogP contribution in [0, 0.1) is 0 Å². The van der Waals surface area contributed by atoms with Crippen LogP contribution in [0.3, 0.4) is 0 Å². The molecule has 2 rings (SSSR count). The fraction of sp³-hybridized carbons (Fsp3) is 0.250. The maximum absolute atomic E-state index is 11.3. The summed E-state index contributed by atoms with van der Waals surface area (Å²) in [5, 5.41) is 7.22. The first-order chi connectivity index (χ1) is 9.11. The molecule has 0 aliphatic heterocycles. The summed E-state index contributed by atoms with van der Waals surface area (Å²) in [6, 6.07) is 3.52. The number of hydrogen-bond acceptors (Lipinski definition) is 5. The summed E-state index contributed by atoms with van der Waals surface area (Å²) in [7, 11) is 3.30. The van der Waals surface area contributed by atoms with Crippen molar-refractivity contribution in [1.29, 1.82) is 0 Å². The lowest BCUT2D eigenvalue weighted by atomic mass is 10.2. The summed E-state index contributed by atoms with van der Waals surface area (Å²) >= 11 is 0. The Bertz CT molecular complexity index is 594. The van der Waals surface area contributed by atoms with Crippen LogP contribution in [-0.4, -0.2) is 27.8 Å². The molecule has 0 fully saturated rings. The van der Waals surface area contributed by atoms with Crippen molar-refractivity contribution in [1.82, 2.24) is 14.8 Å². The molecule has 0 atom stereocenters. The van der Waals surface area contributed by atoms with Gasteiger partial charge in [0, 0.05) is 13.2 Å². The Morgan fingerprint density at radius 2 is 2.37 bits per heavy atom. The highest BCUT2D eigenvalue weighted by Gasteiger charge is 2.11. The Labute approximate surface area is 110 Å². The number of nitrogens with zero attached hydrogens (tertiary/aromatic N) is 3. The van der Waals surface area contributed by atoms with Gasteiger partial charge in [-0.1, -0.05) is 0 Å². The number of nitrogens with one attached hydrogen (secondary N) is 1. The van der Waals surface area contributed by atoms with Crippen molar-refractivity contribution in [2.24, 2.45) is 12.8 Å². The number of hydrogen-bond donors (Lipinski definition) is 2. The summed E-state index contributed by atoms with van der Waals surface area (Å²) in [5.74, 6) is -0.355. The van der Waals surface area contributed by atoms with Crippen LogP contribution < -0.4 is 15.8 Å². The molecule has 3 N–H and O–H groups in total. The van der Waals surface area contributed by atoms with Crippen LogP contribution >= 0.6 is 0 Å². The fourth-order valence-electron chi connectivity index (χ4n) is 1.66. The third kappa shape index (κ3) is 2.82. The van der Waals surface area contributed by atoms with E-state index in [2.05, 4.69) is 15.4 Å². The highest BCUT2D eigenvalue weighted by molar-refractivity contribution is 5.95. The summed E-state index contributed by atoms with van der Waals surface area (Å²) in [5.41, 5.74) is 7.22. The van der Waals surface area contributed by atoms with Gasteiger partial charge in [-0.3, -0.25) is 9.48 Å². The van der Waals surface area contributed by atoms with Crippen molar-refractivity contribution < 1.29 is 9.53 Å². The zero-order valence-electron chi connectivity index (χ0n) is 10.8. The third-order valence-corrected chi connectivity index (χ3v) is 2.71. The molecule has 7 nitrogen and oxygen atoms in total. The summed E-state index contributed by atoms with van der Waals surface area (Å²) in [6.45, 7) is 0.572. The number of methoxy groups -OCH3 is 1. The van der Waals surface area contributed by atoms with E-state index in [0.29, 0.717) is 12.2 Å². The van der Waals surface area contributed by atoms with Gasteiger partial charge in [0.1, 0.15) is 5.56 Å². The molecule has 0 unspecified atom stereocenters. The van der Waals surface area contributed by atoms with Gasteiger partial charge in [0.15, 0.2) is 0 Å². The van der Waals surface area contributed by atoms with Crippen molar-refractivity contribution in [3.63, 3.8) is 0 Å². The standard InChI is InChI=1S/C12H15N5O2/c1-17-9(3-4-16-17)7-14-8-5-10(11(13)18)12(19-2)15-6-8/h3-6,14H,7H2,1-2H3,(H2,13,18). The smallest absolute Gasteiger partial charge is 0.254 e. The third-order valence-electron chi connectivity index (χ3n) is 2.71. The molecule has 0 aliphatic rings. The van der Waals surface area contributed by atoms with Crippen LogP contribution in [0.4, 0.5) is 5.69 Å². The Morgan fingerprint density at radius 3 is 2.95 bits per heavy atom. The minimum absolute atomic E-state index is 0.221. The molecule has 2 heterocycles. The van der Waals surface area contributed by atoms with Gasteiger partial charge >= 0.3 is 0 Å². The number of pyridine rings is 1. The number of aryl methyl sites for hydroxylation is 1. The minimum atomic E-state index is -0.575. The number of anilines is 1. The van der Waals surface area contributed by atoms with Crippen LogP contribution in [0.15, 0.2) is 24.5 Å². The van der Waals surface area contributed by atoms with E-state index >= 15 is 0 Å². The molecule has 0 aliphatic carbocycles. The molecule has 0 saturated heterocycles. The molecule has 1 amide bonds. The summed E-state index contributed by atoms with van der Waals surface area (Å²) in [4.78, 5) is 15.3. The quantitative estimate of drug-likeness (QED) is 0.818. The first kappa shape index (κ1) is 12.9. The van der Waals surface area contributed by atoms with E-state index in [4.69, 9.17) is 10.5 Å². The zero-order chi connectivity index (χ0) is 13.8. The number of carbonyl (C=O) groups excluding carboxylic acids is 1. The number of rotatable bonds is 5. The fourth-order valence-corrected chi connectivity index (χ4v) is 1.66. The SMILES string of the molecule is COc1ncc(NCc2ccnn2C)cc1C(N)=O. The zero-order valence-corrected chi connectivity index (χ0v) is 10.8. The highest BCUT2D eigenvalue weighted by Crippen LogP contribution is 2.19. The van der Waals surface area contributed by atoms with Crippen LogP contribution in [0.25, 0.3) is 0 Å². The summed E-state index contributed by atoms with van der Waals surface area (Å²) in [6.07, 6.45) is 3.31.